The molecule has 0 aromatic heterocycles. The molecule has 0 aliphatic carbocycles. The van der Waals surface area contributed by atoms with Crippen molar-refractivity contribution in [2.45, 2.75) is 0 Å². The van der Waals surface area contributed by atoms with Gasteiger partial charge in [-0.3, -0.25) is 19.3 Å². The summed E-state index contributed by atoms with van der Waals surface area (Å²) in [6.45, 7) is 6.08. The molecule has 0 saturated carbocycles. The van der Waals surface area contributed by atoms with E-state index in [1.54, 1.807) is 24.3 Å². The molecule has 1 aliphatic rings. The molecule has 1 aromatic carbocycles. The van der Waals surface area contributed by atoms with E-state index in [9.17, 15) is 19.2 Å². The van der Waals surface area contributed by atoms with Crippen molar-refractivity contribution in [2.75, 3.05) is 132 Å². The molecule has 2 rings (SSSR count). The van der Waals surface area contributed by atoms with Crippen LogP contribution in [0.2, 0.25) is 0 Å². The van der Waals surface area contributed by atoms with Crippen LogP contribution in [0.15, 0.2) is 24.3 Å². The highest BCUT2D eigenvalue weighted by Crippen LogP contribution is 2.21. The Labute approximate surface area is 268 Å². The zero-order chi connectivity index (χ0) is 33.1. The number of amides is 3. The zero-order valence-corrected chi connectivity index (χ0v) is 26.2. The number of ether oxygens (including phenoxy) is 9. The van der Waals surface area contributed by atoms with Crippen molar-refractivity contribution < 1.29 is 66.9 Å². The number of benzene rings is 1. The Kier molecular flexibility index (Phi) is 22.2. The second-order valence-corrected chi connectivity index (χ2v) is 9.44. The molecule has 1 aromatic rings. The third-order valence-corrected chi connectivity index (χ3v) is 5.97. The van der Waals surface area contributed by atoms with Gasteiger partial charge in [0, 0.05) is 6.54 Å². The fourth-order valence-electron chi connectivity index (χ4n) is 3.78. The lowest BCUT2D eigenvalue weighted by molar-refractivity contribution is -0.143. The number of rotatable bonds is 31. The highest BCUT2D eigenvalue weighted by molar-refractivity contribution is 6.21. The van der Waals surface area contributed by atoms with E-state index in [-0.39, 0.29) is 31.6 Å². The Morgan fingerprint density at radius 2 is 0.913 bits per heavy atom. The van der Waals surface area contributed by atoms with E-state index >= 15 is 0 Å². The minimum absolute atomic E-state index is 0.203. The average Bonchev–Trinajstić information content (AvgIpc) is 3.29. The van der Waals surface area contributed by atoms with Gasteiger partial charge in [0.15, 0.2) is 0 Å². The average molecular weight is 659 g/mol. The number of carboxylic acids is 1. The highest BCUT2D eigenvalue weighted by atomic mass is 16.6. The van der Waals surface area contributed by atoms with E-state index in [2.05, 4.69) is 10.1 Å². The monoisotopic (exact) mass is 658 g/mol. The molecule has 0 atom stereocenters. The number of nitrogens with one attached hydrogen (secondary N) is 1. The summed E-state index contributed by atoms with van der Waals surface area (Å²) in [5.74, 6) is -2.11. The summed E-state index contributed by atoms with van der Waals surface area (Å²) in [6.07, 6.45) is 0. The molecule has 2 N–H and O–H groups in total. The lowest BCUT2D eigenvalue weighted by Crippen LogP contribution is -2.33. The number of hydrogen-bond donors (Lipinski definition) is 2. The van der Waals surface area contributed by atoms with Crippen LogP contribution in [0.3, 0.4) is 0 Å². The van der Waals surface area contributed by atoms with Gasteiger partial charge in [-0.15, -0.1) is 0 Å². The third kappa shape index (κ3) is 18.2. The number of nitrogens with zero attached hydrogens (tertiary/aromatic N) is 1. The normalized spacial score (nSPS) is 12.6. The van der Waals surface area contributed by atoms with Crippen molar-refractivity contribution in [3.05, 3.63) is 35.4 Å². The van der Waals surface area contributed by atoms with Crippen molar-refractivity contribution in [1.29, 1.82) is 0 Å². The van der Waals surface area contributed by atoms with Gasteiger partial charge in [-0.25, -0.2) is 4.79 Å². The van der Waals surface area contributed by atoms with Crippen LogP contribution in [0.25, 0.3) is 0 Å². The fourth-order valence-corrected chi connectivity index (χ4v) is 3.78. The molecule has 0 spiro atoms. The van der Waals surface area contributed by atoms with Gasteiger partial charge in [-0.1, -0.05) is 12.1 Å². The summed E-state index contributed by atoms with van der Waals surface area (Å²) in [5.41, 5.74) is 0.864. The summed E-state index contributed by atoms with van der Waals surface area (Å²) < 4.78 is 48.0. The van der Waals surface area contributed by atoms with E-state index in [4.69, 9.17) is 43.0 Å². The molecule has 1 heterocycles. The molecule has 1 aliphatic heterocycles. The van der Waals surface area contributed by atoms with Crippen LogP contribution in [-0.2, 0) is 52.2 Å². The zero-order valence-electron chi connectivity index (χ0n) is 26.2. The van der Waals surface area contributed by atoms with E-state index in [0.717, 1.165) is 0 Å². The summed E-state index contributed by atoms with van der Waals surface area (Å²) in [6, 6.07) is 6.78. The van der Waals surface area contributed by atoms with Gasteiger partial charge in [0.1, 0.15) is 13.2 Å². The van der Waals surface area contributed by atoms with Crippen LogP contribution < -0.4 is 5.32 Å². The van der Waals surface area contributed by atoms with Crippen LogP contribution in [0, 0.1) is 0 Å². The SMILES string of the molecule is O=C(O)COCC(=O)NCCOCCOCCOCCOCCOCCOCCOCCOCCN1C(=O)c2ccccc2C1=O. The van der Waals surface area contributed by atoms with Gasteiger partial charge >= 0.3 is 5.97 Å². The Hall–Kier alpha value is -3.06. The number of hydrogen-bond acceptors (Lipinski definition) is 13. The highest BCUT2D eigenvalue weighted by Gasteiger charge is 2.34. The van der Waals surface area contributed by atoms with E-state index in [1.807, 2.05) is 0 Å². The van der Waals surface area contributed by atoms with E-state index in [1.165, 1.54) is 4.90 Å². The molecule has 3 amide bonds. The Bertz CT molecular complexity index is 977. The van der Waals surface area contributed by atoms with Crippen molar-refractivity contribution >= 4 is 23.7 Å². The second-order valence-electron chi connectivity index (χ2n) is 9.44. The molecule has 0 unspecified atom stereocenters. The molecule has 0 fully saturated rings. The molecule has 46 heavy (non-hydrogen) atoms. The first-order valence-electron chi connectivity index (χ1n) is 15.1. The largest absolute Gasteiger partial charge is 0.480 e. The fraction of sp³-hybridized carbons (Fsp3) is 0.667. The molecular formula is C30H46N2O14. The number of carbonyl (C=O) groups excluding carboxylic acids is 3. The van der Waals surface area contributed by atoms with Crippen LogP contribution >= 0.6 is 0 Å². The second kappa shape index (κ2) is 26.1. The van der Waals surface area contributed by atoms with E-state index < -0.39 is 18.5 Å². The van der Waals surface area contributed by atoms with Crippen LogP contribution in [0.4, 0.5) is 0 Å². The first kappa shape index (κ1) is 39.1. The summed E-state index contributed by atoms with van der Waals surface area (Å²) in [4.78, 5) is 47.4. The first-order chi connectivity index (χ1) is 22.5. The minimum Gasteiger partial charge on any atom is -0.480 e. The van der Waals surface area contributed by atoms with Crippen molar-refractivity contribution in [2.24, 2.45) is 0 Å². The molecular weight excluding hydrogens is 612 g/mol. The summed E-state index contributed by atoms with van der Waals surface area (Å²) >= 11 is 0. The van der Waals surface area contributed by atoms with Crippen LogP contribution in [0.5, 0.6) is 0 Å². The number of carboxylic acid groups (broad SMARTS) is 1. The molecule has 260 valence electrons. The quantitative estimate of drug-likeness (QED) is 0.0777. The van der Waals surface area contributed by atoms with Crippen molar-refractivity contribution in [1.82, 2.24) is 10.2 Å². The molecule has 0 bridgehead atoms. The Morgan fingerprint density at radius 3 is 1.30 bits per heavy atom. The van der Waals surface area contributed by atoms with Crippen molar-refractivity contribution in [3.8, 4) is 0 Å². The first-order valence-corrected chi connectivity index (χ1v) is 15.1. The summed E-state index contributed by atoms with van der Waals surface area (Å²) in [7, 11) is 0. The van der Waals surface area contributed by atoms with E-state index in [0.29, 0.717) is 117 Å². The number of fused-ring (bicyclic) bond motifs is 1. The van der Waals surface area contributed by atoms with Gasteiger partial charge in [-0.05, 0) is 12.1 Å². The number of carbonyl (C=O) groups is 4. The van der Waals surface area contributed by atoms with Gasteiger partial charge in [0.05, 0.1) is 123 Å². The number of aliphatic carboxylic acids is 1. The van der Waals surface area contributed by atoms with Crippen LogP contribution in [0.1, 0.15) is 20.7 Å². The van der Waals surface area contributed by atoms with Crippen LogP contribution in [-0.4, -0.2) is 166 Å². The van der Waals surface area contributed by atoms with Gasteiger partial charge in [-0.2, -0.15) is 0 Å². The molecule has 16 nitrogen and oxygen atoms in total. The van der Waals surface area contributed by atoms with Gasteiger partial charge < -0.3 is 53.1 Å². The maximum atomic E-state index is 12.3. The molecule has 0 radical (unpaired) electrons. The maximum absolute atomic E-state index is 12.3. The maximum Gasteiger partial charge on any atom is 0.329 e. The smallest absolute Gasteiger partial charge is 0.329 e. The summed E-state index contributed by atoms with van der Waals surface area (Å²) in [5, 5.41) is 11.0. The lowest BCUT2D eigenvalue weighted by atomic mass is 10.1. The van der Waals surface area contributed by atoms with Gasteiger partial charge in [0.2, 0.25) is 5.91 Å². The predicted molar refractivity (Wildman–Crippen MR) is 160 cm³/mol. The molecule has 16 heteroatoms. The lowest BCUT2D eigenvalue weighted by Gasteiger charge is -2.13. The Balaban J connectivity index is 1.20. The third-order valence-electron chi connectivity index (χ3n) is 5.97. The minimum atomic E-state index is -1.13. The standard InChI is InChI=1S/C30H46N2O14/c33-27(23-46-24-28(34)35)31-5-7-38-9-11-40-13-15-42-17-19-44-21-22-45-20-18-43-16-14-41-12-10-39-8-6-32-29(36)25-3-1-2-4-26(25)30(32)37/h1-4H,5-24H2,(H,31,33)(H,34,35). The predicted octanol–water partition coefficient (Wildman–Crippen LogP) is -0.367. The topological polar surface area (TPSA) is 187 Å². The number of imide groups is 1. The van der Waals surface area contributed by atoms with Gasteiger partial charge in [0.25, 0.3) is 11.8 Å². The van der Waals surface area contributed by atoms with Crippen molar-refractivity contribution in [3.63, 3.8) is 0 Å². The molecule has 0 saturated heterocycles. The Morgan fingerprint density at radius 1 is 0.543 bits per heavy atom.